The summed E-state index contributed by atoms with van der Waals surface area (Å²) in [6.45, 7) is 1.77. The molecule has 0 saturated heterocycles. The third kappa shape index (κ3) is 3.41. The van der Waals surface area contributed by atoms with Crippen LogP contribution in [0, 0.1) is 0 Å². The molecule has 0 unspecified atom stereocenters. The summed E-state index contributed by atoms with van der Waals surface area (Å²) in [5, 5.41) is 7.47. The molecule has 0 saturated carbocycles. The molecule has 0 aliphatic rings. The second-order valence-corrected chi connectivity index (χ2v) is 4.04. The summed E-state index contributed by atoms with van der Waals surface area (Å²) in [6.07, 6.45) is 4.75. The molecule has 0 aliphatic heterocycles. The van der Waals surface area contributed by atoms with Gasteiger partial charge in [-0.3, -0.25) is 4.68 Å². The maximum Gasteiger partial charge on any atom is 0.122 e. The predicted octanol–water partition coefficient (Wildman–Crippen LogP) is 1.98. The van der Waals surface area contributed by atoms with Crippen molar-refractivity contribution in [2.24, 2.45) is 0 Å². The minimum Gasteiger partial charge on any atom is -0.497 e. The molecular weight excluding hydrogens is 228 g/mol. The second-order valence-electron chi connectivity index (χ2n) is 4.04. The highest BCUT2D eigenvalue weighted by Crippen LogP contribution is 2.21. The van der Waals surface area contributed by atoms with Crippen LogP contribution in [-0.2, 0) is 6.54 Å². The number of hydrogen-bond donors (Lipinski definition) is 2. The third-order valence-electron chi connectivity index (χ3n) is 2.62. The molecule has 0 aliphatic carbocycles. The van der Waals surface area contributed by atoms with Crippen molar-refractivity contribution < 1.29 is 4.74 Å². The van der Waals surface area contributed by atoms with Gasteiger partial charge in [-0.2, -0.15) is 5.10 Å². The molecule has 0 bridgehead atoms. The van der Waals surface area contributed by atoms with E-state index >= 15 is 0 Å². The summed E-state index contributed by atoms with van der Waals surface area (Å²) in [7, 11) is 1.64. The topological polar surface area (TPSA) is 65.1 Å². The fraction of sp³-hybridized carbons (Fsp3) is 0.308. The average Bonchev–Trinajstić information content (AvgIpc) is 2.87. The number of aromatic nitrogens is 2. The molecule has 96 valence electrons. The monoisotopic (exact) mass is 246 g/mol. The number of nitrogens with zero attached hydrogens (tertiary/aromatic N) is 2. The number of methoxy groups -OCH3 is 1. The van der Waals surface area contributed by atoms with Crippen molar-refractivity contribution in [1.29, 1.82) is 0 Å². The molecule has 2 rings (SSSR count). The van der Waals surface area contributed by atoms with E-state index in [4.69, 9.17) is 10.5 Å². The van der Waals surface area contributed by atoms with Gasteiger partial charge < -0.3 is 15.8 Å². The lowest BCUT2D eigenvalue weighted by Gasteiger charge is -2.09. The number of ether oxygens (including phenoxy) is 1. The fourth-order valence-corrected chi connectivity index (χ4v) is 1.75. The van der Waals surface area contributed by atoms with E-state index in [1.807, 2.05) is 29.1 Å². The molecule has 0 radical (unpaired) electrons. The van der Waals surface area contributed by atoms with Gasteiger partial charge in [-0.25, -0.2) is 0 Å². The van der Waals surface area contributed by atoms with Crippen LogP contribution in [-0.4, -0.2) is 23.4 Å². The molecule has 0 atom stereocenters. The van der Waals surface area contributed by atoms with Gasteiger partial charge in [-0.05, 0) is 18.6 Å². The number of hydrogen-bond acceptors (Lipinski definition) is 4. The molecule has 3 N–H and O–H groups in total. The maximum absolute atomic E-state index is 5.78. The molecule has 0 fully saturated rings. The first-order chi connectivity index (χ1) is 8.78. The van der Waals surface area contributed by atoms with Crippen molar-refractivity contribution >= 4 is 11.4 Å². The van der Waals surface area contributed by atoms with Gasteiger partial charge in [-0.15, -0.1) is 0 Å². The minimum atomic E-state index is 0.698. The third-order valence-corrected chi connectivity index (χ3v) is 2.62. The Kier molecular flexibility index (Phi) is 4.06. The number of benzene rings is 1. The summed E-state index contributed by atoms with van der Waals surface area (Å²) < 4.78 is 7.09. The number of nitrogens with one attached hydrogen (secondary N) is 1. The van der Waals surface area contributed by atoms with Gasteiger partial charge in [0.15, 0.2) is 0 Å². The van der Waals surface area contributed by atoms with E-state index < -0.39 is 0 Å². The first kappa shape index (κ1) is 12.3. The standard InChI is InChI=1S/C13H18N4O/c1-18-13-9-11(14)8-12(10-13)15-4-2-6-17-7-3-5-16-17/h3,5,7-10,15H,2,4,6,14H2,1H3. The summed E-state index contributed by atoms with van der Waals surface area (Å²) >= 11 is 0. The lowest BCUT2D eigenvalue weighted by atomic mass is 10.2. The highest BCUT2D eigenvalue weighted by molar-refractivity contribution is 5.59. The van der Waals surface area contributed by atoms with Gasteiger partial charge in [0.1, 0.15) is 5.75 Å². The molecule has 0 amide bonds. The van der Waals surface area contributed by atoms with Gasteiger partial charge in [0.2, 0.25) is 0 Å². The summed E-state index contributed by atoms with van der Waals surface area (Å²) in [4.78, 5) is 0. The fourth-order valence-electron chi connectivity index (χ4n) is 1.75. The van der Waals surface area contributed by atoms with Crippen molar-refractivity contribution in [2.75, 3.05) is 24.7 Å². The molecule has 1 heterocycles. The van der Waals surface area contributed by atoms with Crippen LogP contribution in [0.15, 0.2) is 36.7 Å². The lowest BCUT2D eigenvalue weighted by Crippen LogP contribution is -2.07. The molecule has 0 spiro atoms. The van der Waals surface area contributed by atoms with Crippen LogP contribution in [0.3, 0.4) is 0 Å². The van der Waals surface area contributed by atoms with Crippen molar-refractivity contribution in [2.45, 2.75) is 13.0 Å². The van der Waals surface area contributed by atoms with E-state index in [0.29, 0.717) is 5.69 Å². The highest BCUT2D eigenvalue weighted by Gasteiger charge is 1.98. The Hall–Kier alpha value is -2.17. The Morgan fingerprint density at radius 2 is 2.28 bits per heavy atom. The zero-order valence-corrected chi connectivity index (χ0v) is 10.5. The van der Waals surface area contributed by atoms with Crippen molar-refractivity contribution in [1.82, 2.24) is 9.78 Å². The van der Waals surface area contributed by atoms with Crippen LogP contribution in [0.5, 0.6) is 5.75 Å². The SMILES string of the molecule is COc1cc(N)cc(NCCCn2cccn2)c1. The Bertz CT molecular complexity index is 482. The predicted molar refractivity (Wildman–Crippen MR) is 72.7 cm³/mol. The Balaban J connectivity index is 1.81. The van der Waals surface area contributed by atoms with E-state index in [1.54, 1.807) is 19.4 Å². The molecule has 5 nitrogen and oxygen atoms in total. The molecule has 1 aromatic heterocycles. The van der Waals surface area contributed by atoms with Crippen LogP contribution in [0.1, 0.15) is 6.42 Å². The first-order valence-electron chi connectivity index (χ1n) is 5.94. The van der Waals surface area contributed by atoms with Gasteiger partial charge in [0.25, 0.3) is 0 Å². The highest BCUT2D eigenvalue weighted by atomic mass is 16.5. The molecule has 1 aromatic carbocycles. The Morgan fingerprint density at radius 1 is 1.39 bits per heavy atom. The van der Waals surface area contributed by atoms with E-state index in [0.717, 1.165) is 30.9 Å². The van der Waals surface area contributed by atoms with Crippen LogP contribution in [0.25, 0.3) is 0 Å². The average molecular weight is 246 g/mol. The maximum atomic E-state index is 5.78. The molecule has 2 aromatic rings. The number of aryl methyl sites for hydroxylation is 1. The van der Waals surface area contributed by atoms with Crippen LogP contribution in [0.4, 0.5) is 11.4 Å². The zero-order chi connectivity index (χ0) is 12.8. The zero-order valence-electron chi connectivity index (χ0n) is 10.5. The van der Waals surface area contributed by atoms with Crippen LogP contribution < -0.4 is 15.8 Å². The number of nitrogen functional groups attached to an aromatic ring is 1. The molecular formula is C13H18N4O. The molecule has 18 heavy (non-hydrogen) atoms. The normalized spacial score (nSPS) is 10.3. The van der Waals surface area contributed by atoms with Crippen molar-refractivity contribution in [3.05, 3.63) is 36.7 Å². The number of nitrogens with two attached hydrogens (primary N) is 1. The van der Waals surface area contributed by atoms with Gasteiger partial charge >= 0.3 is 0 Å². The summed E-state index contributed by atoms with van der Waals surface area (Å²) in [5.41, 5.74) is 7.46. The van der Waals surface area contributed by atoms with Crippen LogP contribution >= 0.6 is 0 Å². The quantitative estimate of drug-likeness (QED) is 0.604. The Morgan fingerprint density at radius 3 is 3.00 bits per heavy atom. The molecule has 5 heteroatoms. The summed E-state index contributed by atoms with van der Waals surface area (Å²) in [5.74, 6) is 0.768. The first-order valence-corrected chi connectivity index (χ1v) is 5.94. The largest absolute Gasteiger partial charge is 0.497 e. The Labute approximate surface area is 107 Å². The number of anilines is 2. The lowest BCUT2D eigenvalue weighted by molar-refractivity contribution is 0.415. The van der Waals surface area contributed by atoms with Gasteiger partial charge in [0.05, 0.1) is 7.11 Å². The van der Waals surface area contributed by atoms with Gasteiger partial charge in [0, 0.05) is 49.0 Å². The minimum absolute atomic E-state index is 0.698. The summed E-state index contributed by atoms with van der Waals surface area (Å²) in [6, 6.07) is 7.56. The van der Waals surface area contributed by atoms with E-state index in [-0.39, 0.29) is 0 Å². The van der Waals surface area contributed by atoms with Gasteiger partial charge in [-0.1, -0.05) is 0 Å². The number of rotatable bonds is 6. The van der Waals surface area contributed by atoms with Crippen molar-refractivity contribution in [3.63, 3.8) is 0 Å². The second kappa shape index (κ2) is 5.95. The van der Waals surface area contributed by atoms with Crippen molar-refractivity contribution in [3.8, 4) is 5.75 Å². The van der Waals surface area contributed by atoms with E-state index in [9.17, 15) is 0 Å². The van der Waals surface area contributed by atoms with E-state index in [1.165, 1.54) is 0 Å². The van der Waals surface area contributed by atoms with E-state index in [2.05, 4.69) is 10.4 Å². The smallest absolute Gasteiger partial charge is 0.122 e. The van der Waals surface area contributed by atoms with Crippen LogP contribution in [0.2, 0.25) is 0 Å².